The fourth-order valence-electron chi connectivity index (χ4n) is 2.36. The highest BCUT2D eigenvalue weighted by Crippen LogP contribution is 2.22. The summed E-state index contributed by atoms with van der Waals surface area (Å²) in [6, 6.07) is 4.06. The van der Waals surface area contributed by atoms with Crippen LogP contribution in [0.1, 0.15) is 37.9 Å². The summed E-state index contributed by atoms with van der Waals surface area (Å²) in [5.41, 5.74) is 1.71. The van der Waals surface area contributed by atoms with Crippen LogP contribution in [0.25, 0.3) is 0 Å². The molecule has 1 aromatic heterocycles. The third kappa shape index (κ3) is 3.93. The summed E-state index contributed by atoms with van der Waals surface area (Å²) in [5.74, 6) is 0.183. The van der Waals surface area contributed by atoms with Gasteiger partial charge in [-0.3, -0.25) is 4.98 Å². The van der Waals surface area contributed by atoms with Gasteiger partial charge < -0.3 is 15.4 Å². The van der Waals surface area contributed by atoms with Crippen molar-refractivity contribution in [2.24, 2.45) is 0 Å². The maximum Gasteiger partial charge on any atom is 0.407 e. The van der Waals surface area contributed by atoms with Crippen LogP contribution >= 0.6 is 0 Å². The number of ether oxygens (including phenoxy) is 1. The molecule has 2 N–H and O–H groups in total. The lowest BCUT2D eigenvalue weighted by molar-refractivity contribution is 0.0504. The first kappa shape index (κ1) is 14.8. The van der Waals surface area contributed by atoms with Gasteiger partial charge in [0.15, 0.2) is 0 Å². The molecular formula is C15H23N3O2. The van der Waals surface area contributed by atoms with E-state index in [1.54, 1.807) is 0 Å². The zero-order valence-corrected chi connectivity index (χ0v) is 12.6. The number of aromatic nitrogens is 1. The number of amides is 1. The molecule has 1 aliphatic rings. The molecule has 2 atom stereocenters. The van der Waals surface area contributed by atoms with Crippen LogP contribution in [0.3, 0.4) is 0 Å². The van der Waals surface area contributed by atoms with Crippen molar-refractivity contribution in [3.05, 3.63) is 29.6 Å². The Balaban J connectivity index is 2.03. The minimum atomic E-state index is -0.479. The second kappa shape index (κ2) is 5.79. The lowest BCUT2D eigenvalue weighted by Gasteiger charge is -2.24. The van der Waals surface area contributed by atoms with Crippen molar-refractivity contribution in [1.29, 1.82) is 0 Å². The van der Waals surface area contributed by atoms with Gasteiger partial charge in [0.05, 0.1) is 6.04 Å². The highest BCUT2D eigenvalue weighted by Gasteiger charge is 2.31. The predicted octanol–water partition coefficient (Wildman–Crippen LogP) is 1.97. The van der Waals surface area contributed by atoms with Gasteiger partial charge >= 0.3 is 6.09 Å². The van der Waals surface area contributed by atoms with E-state index in [9.17, 15) is 4.79 Å². The van der Waals surface area contributed by atoms with Crippen LogP contribution in [0.4, 0.5) is 4.79 Å². The number of nitrogens with one attached hydrogen (secondary N) is 2. The summed E-state index contributed by atoms with van der Waals surface area (Å²) in [6.45, 7) is 9.18. The predicted molar refractivity (Wildman–Crippen MR) is 77.7 cm³/mol. The molecule has 1 saturated heterocycles. The van der Waals surface area contributed by atoms with Gasteiger partial charge in [-0.25, -0.2) is 4.79 Å². The van der Waals surface area contributed by atoms with Crippen LogP contribution in [-0.2, 0) is 4.74 Å². The molecule has 5 heteroatoms. The summed E-state index contributed by atoms with van der Waals surface area (Å²) in [4.78, 5) is 16.3. The first-order valence-corrected chi connectivity index (χ1v) is 6.98. The van der Waals surface area contributed by atoms with E-state index >= 15 is 0 Å². The molecule has 2 heterocycles. The van der Waals surface area contributed by atoms with Gasteiger partial charge in [0.2, 0.25) is 0 Å². The van der Waals surface area contributed by atoms with Crippen LogP contribution in [0.15, 0.2) is 18.3 Å². The number of hydrogen-bond acceptors (Lipinski definition) is 4. The molecule has 110 valence electrons. The van der Waals surface area contributed by atoms with E-state index in [1.165, 1.54) is 5.56 Å². The number of aryl methyl sites for hydroxylation is 1. The molecular weight excluding hydrogens is 254 g/mol. The average Bonchev–Trinajstić information content (AvgIpc) is 2.74. The zero-order valence-electron chi connectivity index (χ0n) is 12.6. The van der Waals surface area contributed by atoms with Crippen LogP contribution in [0.2, 0.25) is 0 Å². The Labute approximate surface area is 120 Å². The van der Waals surface area contributed by atoms with E-state index in [0.717, 1.165) is 18.8 Å². The fraction of sp³-hybridized carbons (Fsp3) is 0.600. The molecule has 0 unspecified atom stereocenters. The van der Waals surface area contributed by atoms with Crippen molar-refractivity contribution in [1.82, 2.24) is 15.6 Å². The highest BCUT2D eigenvalue weighted by molar-refractivity contribution is 5.68. The number of nitrogens with zero attached hydrogens (tertiary/aromatic N) is 1. The van der Waals surface area contributed by atoms with E-state index in [1.807, 2.05) is 40.0 Å². The number of rotatable bonds is 2. The van der Waals surface area contributed by atoms with Crippen molar-refractivity contribution in [3.63, 3.8) is 0 Å². The first-order chi connectivity index (χ1) is 9.35. The molecule has 0 spiro atoms. The maximum atomic E-state index is 11.9. The van der Waals surface area contributed by atoms with Gasteiger partial charge in [-0.1, -0.05) is 0 Å². The molecule has 5 nitrogen and oxygen atoms in total. The van der Waals surface area contributed by atoms with Crippen molar-refractivity contribution < 1.29 is 9.53 Å². The molecule has 1 aromatic rings. The van der Waals surface area contributed by atoms with E-state index in [2.05, 4.69) is 21.7 Å². The fourth-order valence-corrected chi connectivity index (χ4v) is 2.36. The van der Waals surface area contributed by atoms with E-state index in [-0.39, 0.29) is 18.1 Å². The molecule has 2 rings (SSSR count). The second-order valence-electron chi connectivity index (χ2n) is 6.28. The summed E-state index contributed by atoms with van der Waals surface area (Å²) < 4.78 is 5.31. The highest BCUT2D eigenvalue weighted by atomic mass is 16.6. The van der Waals surface area contributed by atoms with Gasteiger partial charge in [0, 0.05) is 30.9 Å². The molecule has 0 radical (unpaired) electrons. The minimum Gasteiger partial charge on any atom is -0.444 e. The van der Waals surface area contributed by atoms with Crippen molar-refractivity contribution in [2.75, 3.05) is 13.1 Å². The van der Waals surface area contributed by atoms with E-state index in [4.69, 9.17) is 4.74 Å². The van der Waals surface area contributed by atoms with Gasteiger partial charge in [-0.15, -0.1) is 0 Å². The summed E-state index contributed by atoms with van der Waals surface area (Å²) in [5, 5.41) is 6.24. The van der Waals surface area contributed by atoms with Crippen LogP contribution in [0.5, 0.6) is 0 Å². The Morgan fingerprint density at radius 2 is 2.20 bits per heavy atom. The Bertz CT molecular complexity index is 482. The molecule has 0 aromatic carbocycles. The Hall–Kier alpha value is -1.62. The topological polar surface area (TPSA) is 63.2 Å². The van der Waals surface area contributed by atoms with Crippen molar-refractivity contribution in [3.8, 4) is 0 Å². The number of carbonyl (C=O) groups excluding carboxylic acids is 1. The molecule has 0 aliphatic carbocycles. The van der Waals surface area contributed by atoms with E-state index in [0.29, 0.717) is 0 Å². The quantitative estimate of drug-likeness (QED) is 0.867. The summed E-state index contributed by atoms with van der Waals surface area (Å²) in [7, 11) is 0. The number of carbonyl (C=O) groups is 1. The standard InChI is InChI=1S/C15H23N3O2/c1-10-5-6-17-12(7-10)11-8-16-9-13(11)18-14(19)20-15(2,3)4/h5-7,11,13,16H,8-9H2,1-4H3,(H,18,19)/t11-,13+/m1/s1. The molecule has 1 fully saturated rings. The first-order valence-electron chi connectivity index (χ1n) is 6.98. The molecule has 1 aliphatic heterocycles. The molecule has 20 heavy (non-hydrogen) atoms. The Kier molecular flexibility index (Phi) is 4.28. The number of hydrogen-bond donors (Lipinski definition) is 2. The lowest BCUT2D eigenvalue weighted by atomic mass is 9.98. The lowest BCUT2D eigenvalue weighted by Crippen LogP contribution is -2.42. The van der Waals surface area contributed by atoms with Crippen LogP contribution in [0, 0.1) is 6.92 Å². The van der Waals surface area contributed by atoms with Crippen LogP contribution < -0.4 is 10.6 Å². The molecule has 0 saturated carbocycles. The molecule has 1 amide bonds. The van der Waals surface area contributed by atoms with Crippen molar-refractivity contribution >= 4 is 6.09 Å². The van der Waals surface area contributed by atoms with Crippen LogP contribution in [-0.4, -0.2) is 35.8 Å². The number of alkyl carbamates (subject to hydrolysis) is 1. The second-order valence-corrected chi connectivity index (χ2v) is 6.28. The summed E-state index contributed by atoms with van der Waals surface area (Å²) in [6.07, 6.45) is 1.44. The van der Waals surface area contributed by atoms with Gasteiger partial charge in [0.25, 0.3) is 0 Å². The van der Waals surface area contributed by atoms with E-state index < -0.39 is 5.60 Å². The number of pyridine rings is 1. The minimum absolute atomic E-state index is 0.0131. The third-order valence-corrected chi connectivity index (χ3v) is 3.23. The Morgan fingerprint density at radius 1 is 1.45 bits per heavy atom. The SMILES string of the molecule is Cc1ccnc([C@H]2CNC[C@@H]2NC(=O)OC(C)(C)C)c1. The average molecular weight is 277 g/mol. The third-order valence-electron chi connectivity index (χ3n) is 3.23. The molecule has 0 bridgehead atoms. The zero-order chi connectivity index (χ0) is 14.8. The maximum absolute atomic E-state index is 11.9. The van der Waals surface area contributed by atoms with Gasteiger partial charge in [0.1, 0.15) is 5.60 Å². The normalized spacial score (nSPS) is 22.6. The van der Waals surface area contributed by atoms with Crippen molar-refractivity contribution in [2.45, 2.75) is 45.3 Å². The largest absolute Gasteiger partial charge is 0.444 e. The van der Waals surface area contributed by atoms with Gasteiger partial charge in [-0.05, 0) is 45.4 Å². The van der Waals surface area contributed by atoms with Gasteiger partial charge in [-0.2, -0.15) is 0 Å². The monoisotopic (exact) mass is 277 g/mol. The Morgan fingerprint density at radius 3 is 2.85 bits per heavy atom. The smallest absolute Gasteiger partial charge is 0.407 e. The summed E-state index contributed by atoms with van der Waals surface area (Å²) >= 11 is 0.